The molecular weight excluding hydrogens is 180 g/mol. The lowest BCUT2D eigenvalue weighted by Gasteiger charge is -2.29. The van der Waals surface area contributed by atoms with Crippen molar-refractivity contribution in [3.8, 4) is 0 Å². The molecule has 14 heavy (non-hydrogen) atoms. The highest BCUT2D eigenvalue weighted by Gasteiger charge is 2.31. The van der Waals surface area contributed by atoms with E-state index in [0.717, 1.165) is 0 Å². The molecule has 0 fully saturated rings. The number of rotatable bonds is 3. The van der Waals surface area contributed by atoms with E-state index in [4.69, 9.17) is 4.74 Å². The van der Waals surface area contributed by atoms with Gasteiger partial charge in [-0.25, -0.2) is 0 Å². The average Bonchev–Trinajstić information content (AvgIpc) is 2.01. The number of ether oxygens (including phenoxy) is 1. The van der Waals surface area contributed by atoms with E-state index in [1.54, 1.807) is 12.2 Å². The third-order valence-electron chi connectivity index (χ3n) is 2.01. The highest BCUT2D eigenvalue weighted by atomic mass is 16.6. The minimum atomic E-state index is -0.744. The van der Waals surface area contributed by atoms with Crippen LogP contribution < -0.4 is 0 Å². The Balaban J connectivity index is 2.79. The number of allylic oxidation sites excluding steroid dienone is 2. The molecule has 0 unspecified atom stereocenters. The zero-order valence-corrected chi connectivity index (χ0v) is 8.45. The van der Waals surface area contributed by atoms with Gasteiger partial charge in [0.15, 0.2) is 0 Å². The molecule has 0 heterocycles. The average molecular weight is 194 g/mol. The van der Waals surface area contributed by atoms with Gasteiger partial charge in [-0.05, 0) is 13.0 Å². The van der Waals surface area contributed by atoms with E-state index in [0.29, 0.717) is 6.42 Å². The van der Waals surface area contributed by atoms with Crippen LogP contribution in [0.3, 0.4) is 0 Å². The summed E-state index contributed by atoms with van der Waals surface area (Å²) in [7, 11) is 0. The van der Waals surface area contributed by atoms with Gasteiger partial charge in [0.05, 0.1) is 0 Å². The van der Waals surface area contributed by atoms with Gasteiger partial charge in [0.25, 0.3) is 0 Å². The zero-order valence-electron chi connectivity index (χ0n) is 8.45. The first kappa shape index (κ1) is 10.7. The second kappa shape index (κ2) is 4.22. The normalized spacial score (nSPS) is 24.7. The van der Waals surface area contributed by atoms with Crippen LogP contribution in [0.1, 0.15) is 26.7 Å². The summed E-state index contributed by atoms with van der Waals surface area (Å²) in [5.41, 5.74) is -0.744. The lowest BCUT2D eigenvalue weighted by Crippen LogP contribution is -2.34. The predicted molar refractivity (Wildman–Crippen MR) is 52.7 cm³/mol. The lowest BCUT2D eigenvalue weighted by molar-refractivity contribution is -0.153. The molecule has 76 valence electrons. The minimum absolute atomic E-state index is 0.0196. The fraction of sp³-hybridized carbons (Fsp3) is 0.455. The van der Waals surface area contributed by atoms with Crippen molar-refractivity contribution in [3.05, 3.63) is 24.3 Å². The predicted octanol–water partition coefficient (Wildman–Crippen LogP) is 1.78. The second-order valence-electron chi connectivity index (χ2n) is 3.53. The summed E-state index contributed by atoms with van der Waals surface area (Å²) in [5.74, 6) is -0.336. The fourth-order valence-corrected chi connectivity index (χ4v) is 1.60. The van der Waals surface area contributed by atoms with Crippen molar-refractivity contribution in [2.24, 2.45) is 0 Å². The maximum Gasteiger partial charge on any atom is 0.303 e. The second-order valence-corrected chi connectivity index (χ2v) is 3.53. The number of esters is 1. The Morgan fingerprint density at radius 3 is 2.50 bits per heavy atom. The fourth-order valence-electron chi connectivity index (χ4n) is 1.60. The summed E-state index contributed by atoms with van der Waals surface area (Å²) >= 11 is 0. The Bertz CT molecular complexity index is 284. The van der Waals surface area contributed by atoms with Gasteiger partial charge in [-0.15, -0.1) is 0 Å². The van der Waals surface area contributed by atoms with Crippen LogP contribution in [0.4, 0.5) is 0 Å². The van der Waals surface area contributed by atoms with Gasteiger partial charge < -0.3 is 4.74 Å². The number of hydrogen-bond donors (Lipinski definition) is 0. The molecule has 0 bridgehead atoms. The van der Waals surface area contributed by atoms with Gasteiger partial charge in [0, 0.05) is 19.8 Å². The van der Waals surface area contributed by atoms with Crippen LogP contribution in [-0.2, 0) is 14.3 Å². The van der Waals surface area contributed by atoms with E-state index in [2.05, 4.69) is 0 Å². The monoisotopic (exact) mass is 194 g/mol. The van der Waals surface area contributed by atoms with Gasteiger partial charge in [-0.2, -0.15) is 0 Å². The van der Waals surface area contributed by atoms with Gasteiger partial charge in [-0.1, -0.05) is 18.2 Å². The zero-order chi connectivity index (χ0) is 10.6. The molecule has 0 aromatic carbocycles. The number of carbonyl (C=O) groups excluding carboxylic acids is 2. The first-order valence-electron chi connectivity index (χ1n) is 4.57. The van der Waals surface area contributed by atoms with E-state index in [1.807, 2.05) is 12.2 Å². The van der Waals surface area contributed by atoms with Crippen molar-refractivity contribution in [1.29, 1.82) is 0 Å². The molecule has 0 aromatic rings. The largest absolute Gasteiger partial charge is 0.454 e. The molecule has 0 radical (unpaired) electrons. The van der Waals surface area contributed by atoms with Crippen LogP contribution in [0.5, 0.6) is 0 Å². The number of ketones is 1. The summed E-state index contributed by atoms with van der Waals surface area (Å²) in [5, 5.41) is 0. The van der Waals surface area contributed by atoms with E-state index >= 15 is 0 Å². The standard InChI is InChI=1S/C11H14O3/c1-9(12)8-11(14-10(2)13)6-4-3-5-7-11/h3-6H,7-8H2,1-2H3/t11-/m1/s1. The van der Waals surface area contributed by atoms with Crippen LogP contribution in [-0.4, -0.2) is 17.4 Å². The molecule has 3 nitrogen and oxygen atoms in total. The van der Waals surface area contributed by atoms with Crippen LogP contribution >= 0.6 is 0 Å². The molecule has 1 atom stereocenters. The molecule has 0 N–H and O–H groups in total. The summed E-state index contributed by atoms with van der Waals surface area (Å²) < 4.78 is 5.19. The Labute approximate surface area is 83.4 Å². The third kappa shape index (κ3) is 2.83. The van der Waals surface area contributed by atoms with Crippen molar-refractivity contribution >= 4 is 11.8 Å². The smallest absolute Gasteiger partial charge is 0.303 e. The third-order valence-corrected chi connectivity index (χ3v) is 2.01. The maximum absolute atomic E-state index is 11.0. The molecule has 1 aliphatic carbocycles. The van der Waals surface area contributed by atoms with Gasteiger partial charge in [0.1, 0.15) is 11.4 Å². The topological polar surface area (TPSA) is 43.4 Å². The van der Waals surface area contributed by atoms with Gasteiger partial charge in [-0.3, -0.25) is 9.59 Å². The van der Waals surface area contributed by atoms with Crippen molar-refractivity contribution < 1.29 is 14.3 Å². The molecule has 0 saturated carbocycles. The molecule has 0 saturated heterocycles. The quantitative estimate of drug-likeness (QED) is 0.643. The molecule has 1 aliphatic rings. The molecule has 1 rings (SSSR count). The van der Waals surface area contributed by atoms with E-state index in [-0.39, 0.29) is 18.2 Å². The SMILES string of the molecule is CC(=O)C[C@@]1(OC(C)=O)C=CC=CC1. The van der Waals surface area contributed by atoms with Crippen molar-refractivity contribution in [2.75, 3.05) is 0 Å². The summed E-state index contributed by atoms with van der Waals surface area (Å²) in [6.45, 7) is 2.85. The Hall–Kier alpha value is -1.38. The Morgan fingerprint density at radius 2 is 2.07 bits per heavy atom. The van der Waals surface area contributed by atoms with Crippen LogP contribution in [0, 0.1) is 0 Å². The van der Waals surface area contributed by atoms with Crippen molar-refractivity contribution in [3.63, 3.8) is 0 Å². The van der Waals surface area contributed by atoms with Gasteiger partial charge in [0.2, 0.25) is 0 Å². The summed E-state index contributed by atoms with van der Waals surface area (Å²) in [6, 6.07) is 0. The van der Waals surface area contributed by atoms with Crippen LogP contribution in [0.15, 0.2) is 24.3 Å². The molecule has 0 aromatic heterocycles. The molecule has 3 heteroatoms. The van der Waals surface area contributed by atoms with Crippen molar-refractivity contribution in [1.82, 2.24) is 0 Å². The van der Waals surface area contributed by atoms with E-state index in [1.165, 1.54) is 13.8 Å². The molecule has 0 aliphatic heterocycles. The highest BCUT2D eigenvalue weighted by Crippen LogP contribution is 2.26. The molecule has 0 spiro atoms. The first-order valence-corrected chi connectivity index (χ1v) is 4.57. The molecular formula is C11H14O3. The van der Waals surface area contributed by atoms with Crippen LogP contribution in [0.25, 0.3) is 0 Å². The van der Waals surface area contributed by atoms with E-state index < -0.39 is 5.60 Å². The number of hydrogen-bond acceptors (Lipinski definition) is 3. The lowest BCUT2D eigenvalue weighted by atomic mass is 9.90. The van der Waals surface area contributed by atoms with E-state index in [9.17, 15) is 9.59 Å². The summed E-state index contributed by atoms with van der Waals surface area (Å²) in [4.78, 5) is 22.0. The summed E-state index contributed by atoms with van der Waals surface area (Å²) in [6.07, 6.45) is 8.16. The first-order chi connectivity index (χ1) is 6.54. The maximum atomic E-state index is 11.0. The Kier molecular flexibility index (Phi) is 3.23. The van der Waals surface area contributed by atoms with Crippen molar-refractivity contribution in [2.45, 2.75) is 32.3 Å². The Morgan fingerprint density at radius 1 is 1.36 bits per heavy atom. The van der Waals surface area contributed by atoms with Crippen LogP contribution in [0.2, 0.25) is 0 Å². The molecule has 0 amide bonds. The highest BCUT2D eigenvalue weighted by molar-refractivity contribution is 5.78. The number of carbonyl (C=O) groups is 2. The minimum Gasteiger partial charge on any atom is -0.454 e. The number of Topliss-reactive ketones (excluding diaryl/α,β-unsaturated/α-hetero) is 1. The van der Waals surface area contributed by atoms with Gasteiger partial charge >= 0.3 is 5.97 Å².